The minimum absolute atomic E-state index is 0.124. The van der Waals surface area contributed by atoms with Crippen molar-refractivity contribution in [3.63, 3.8) is 0 Å². The van der Waals surface area contributed by atoms with E-state index in [0.717, 1.165) is 5.52 Å². The minimum atomic E-state index is -0.124. The topological polar surface area (TPSA) is 50.2 Å². The molecule has 0 fully saturated rings. The van der Waals surface area contributed by atoms with E-state index in [4.69, 9.17) is 0 Å². The number of hydrogen-bond acceptors (Lipinski definition) is 2. The summed E-state index contributed by atoms with van der Waals surface area (Å²) in [5, 5.41) is 6.36. The number of rotatable bonds is 0. The van der Waals surface area contributed by atoms with Gasteiger partial charge in [0.25, 0.3) is 0 Å². The quantitative estimate of drug-likeness (QED) is 0.543. The second-order valence-electron chi connectivity index (χ2n) is 1.94. The average Bonchev–Trinajstić information content (AvgIpc) is 2.33. The number of pyridine rings is 1. The highest BCUT2D eigenvalue weighted by molar-refractivity contribution is 5.41. The van der Waals surface area contributed by atoms with Crippen LogP contribution in [0.25, 0.3) is 5.52 Å². The van der Waals surface area contributed by atoms with Crippen LogP contribution in [0.3, 0.4) is 0 Å². The smallest absolute Gasteiger partial charge is 0.190 e. The number of aromatic nitrogens is 3. The van der Waals surface area contributed by atoms with Crippen LogP contribution >= 0.6 is 0 Å². The van der Waals surface area contributed by atoms with Gasteiger partial charge in [-0.05, 0) is 0 Å². The molecule has 10 heavy (non-hydrogen) atoms. The summed E-state index contributed by atoms with van der Waals surface area (Å²) in [5.74, 6) is 0. The maximum Gasteiger partial charge on any atom is 0.190 e. The van der Waals surface area contributed by atoms with E-state index >= 15 is 0 Å². The molecular formula is C6H4N3O. The molecule has 2 heterocycles. The molecule has 49 valence electrons. The first-order valence-corrected chi connectivity index (χ1v) is 2.80. The highest BCUT2D eigenvalue weighted by Crippen LogP contribution is 1.91. The van der Waals surface area contributed by atoms with Gasteiger partial charge in [0, 0.05) is 12.3 Å². The molecular weight excluding hydrogens is 130 g/mol. The van der Waals surface area contributed by atoms with Gasteiger partial charge in [-0.15, -0.1) is 0 Å². The molecule has 0 saturated carbocycles. The van der Waals surface area contributed by atoms with E-state index in [1.807, 2.05) is 0 Å². The molecule has 4 heteroatoms. The summed E-state index contributed by atoms with van der Waals surface area (Å²) in [6.07, 6.45) is 3.10. The van der Waals surface area contributed by atoms with E-state index < -0.39 is 0 Å². The Labute approximate surface area is 56.1 Å². The molecule has 0 spiro atoms. The molecule has 0 atom stereocenters. The van der Waals surface area contributed by atoms with Gasteiger partial charge in [-0.2, -0.15) is 5.10 Å². The summed E-state index contributed by atoms with van der Waals surface area (Å²) in [7, 11) is 0. The summed E-state index contributed by atoms with van der Waals surface area (Å²) in [4.78, 5) is 10.7. The first-order valence-electron chi connectivity index (χ1n) is 2.80. The standard InChI is InChI=1S/C6H4N3O/c10-6-1-2-9-5(3-6)4-7-8-9/h2-4,8H. The summed E-state index contributed by atoms with van der Waals surface area (Å²) >= 11 is 0. The van der Waals surface area contributed by atoms with E-state index in [9.17, 15) is 4.79 Å². The van der Waals surface area contributed by atoms with E-state index in [2.05, 4.69) is 16.4 Å². The Morgan fingerprint density at radius 3 is 3.50 bits per heavy atom. The molecule has 2 aromatic heterocycles. The zero-order valence-corrected chi connectivity index (χ0v) is 5.03. The van der Waals surface area contributed by atoms with Crippen molar-refractivity contribution in [2.45, 2.75) is 0 Å². The predicted molar refractivity (Wildman–Crippen MR) is 34.6 cm³/mol. The molecule has 1 radical (unpaired) electrons. The Kier molecular flexibility index (Phi) is 0.887. The third kappa shape index (κ3) is 0.621. The maximum atomic E-state index is 10.7. The van der Waals surface area contributed by atoms with Gasteiger partial charge < -0.3 is 0 Å². The summed E-state index contributed by atoms with van der Waals surface area (Å²) in [6.45, 7) is 0. The molecule has 1 N–H and O–H groups in total. The monoisotopic (exact) mass is 134 g/mol. The van der Waals surface area contributed by atoms with Gasteiger partial charge in [-0.25, -0.2) is 9.73 Å². The second kappa shape index (κ2) is 1.70. The normalized spacial score (nSPS) is 10.4. The van der Waals surface area contributed by atoms with Gasteiger partial charge in [0.1, 0.15) is 0 Å². The number of nitrogens with zero attached hydrogens (tertiary/aromatic N) is 2. The lowest BCUT2D eigenvalue weighted by atomic mass is 10.4. The molecule has 4 nitrogen and oxygen atoms in total. The van der Waals surface area contributed by atoms with Crippen LogP contribution in [0.1, 0.15) is 0 Å². The van der Waals surface area contributed by atoms with Gasteiger partial charge in [-0.3, -0.25) is 4.79 Å². The molecule has 0 aromatic carbocycles. The largest absolute Gasteiger partial charge is 0.289 e. The Morgan fingerprint density at radius 2 is 2.60 bits per heavy atom. The lowest BCUT2D eigenvalue weighted by molar-refractivity contribution is 0.853. The predicted octanol–water partition coefficient (Wildman–Crippen LogP) is -0.177. The van der Waals surface area contributed by atoms with Crippen LogP contribution < -0.4 is 5.43 Å². The van der Waals surface area contributed by atoms with Crippen molar-refractivity contribution in [3.05, 3.63) is 34.7 Å². The van der Waals surface area contributed by atoms with Crippen molar-refractivity contribution in [1.82, 2.24) is 14.8 Å². The highest BCUT2D eigenvalue weighted by atomic mass is 16.1. The molecule has 0 amide bonds. The first kappa shape index (κ1) is 5.22. The molecule has 2 aromatic rings. The van der Waals surface area contributed by atoms with E-state index in [1.54, 1.807) is 10.7 Å². The van der Waals surface area contributed by atoms with Gasteiger partial charge in [-0.1, -0.05) is 0 Å². The number of nitrogens with one attached hydrogen (secondary N) is 1. The third-order valence-corrected chi connectivity index (χ3v) is 1.26. The van der Waals surface area contributed by atoms with E-state index in [0.29, 0.717) is 0 Å². The van der Waals surface area contributed by atoms with Crippen molar-refractivity contribution >= 4 is 5.52 Å². The van der Waals surface area contributed by atoms with Gasteiger partial charge in [0.15, 0.2) is 5.43 Å². The Morgan fingerprint density at radius 1 is 1.70 bits per heavy atom. The molecule has 0 unspecified atom stereocenters. The Balaban J connectivity index is 2.99. The molecule has 0 aliphatic carbocycles. The fourth-order valence-corrected chi connectivity index (χ4v) is 0.792. The first-order chi connectivity index (χ1) is 4.86. The number of hydrogen-bond donors (Lipinski definition) is 1. The van der Waals surface area contributed by atoms with Crippen molar-refractivity contribution < 1.29 is 0 Å². The lowest BCUT2D eigenvalue weighted by Gasteiger charge is -1.85. The summed E-state index contributed by atoms with van der Waals surface area (Å²) in [6, 6.07) is 3.96. The molecule has 0 saturated heterocycles. The van der Waals surface area contributed by atoms with Crippen LogP contribution in [0.4, 0.5) is 0 Å². The second-order valence-corrected chi connectivity index (χ2v) is 1.94. The van der Waals surface area contributed by atoms with Crippen LogP contribution in [0.5, 0.6) is 0 Å². The average molecular weight is 134 g/mol. The third-order valence-electron chi connectivity index (χ3n) is 1.26. The van der Waals surface area contributed by atoms with Gasteiger partial charge in [0.05, 0.1) is 17.8 Å². The molecule has 0 aliphatic rings. The van der Waals surface area contributed by atoms with Gasteiger partial charge >= 0.3 is 0 Å². The van der Waals surface area contributed by atoms with Crippen LogP contribution in [0.2, 0.25) is 0 Å². The zero-order chi connectivity index (χ0) is 6.97. The SMILES string of the molecule is O=c1[c]cn2[nH]ncc2c1. The number of fused-ring (bicyclic) bond motifs is 1. The fourth-order valence-electron chi connectivity index (χ4n) is 0.792. The summed E-state index contributed by atoms with van der Waals surface area (Å²) < 4.78 is 1.61. The Bertz CT molecular complexity index is 400. The number of H-pyrrole nitrogens is 1. The zero-order valence-electron chi connectivity index (χ0n) is 5.03. The van der Waals surface area contributed by atoms with Crippen molar-refractivity contribution in [2.24, 2.45) is 0 Å². The van der Waals surface area contributed by atoms with E-state index in [1.165, 1.54) is 12.3 Å². The van der Waals surface area contributed by atoms with Crippen molar-refractivity contribution in [3.8, 4) is 0 Å². The minimum Gasteiger partial charge on any atom is -0.289 e. The summed E-state index contributed by atoms with van der Waals surface area (Å²) in [5.41, 5.74) is 0.630. The maximum absolute atomic E-state index is 10.7. The van der Waals surface area contributed by atoms with Crippen LogP contribution in [-0.2, 0) is 0 Å². The molecule has 0 aliphatic heterocycles. The molecule has 0 bridgehead atoms. The van der Waals surface area contributed by atoms with Crippen LogP contribution in [-0.4, -0.2) is 14.8 Å². The highest BCUT2D eigenvalue weighted by Gasteiger charge is 1.90. The van der Waals surface area contributed by atoms with Crippen molar-refractivity contribution in [1.29, 1.82) is 0 Å². The van der Waals surface area contributed by atoms with Gasteiger partial charge in [0.2, 0.25) is 0 Å². The van der Waals surface area contributed by atoms with Crippen LogP contribution in [0.15, 0.2) is 23.3 Å². The lowest BCUT2D eigenvalue weighted by Crippen LogP contribution is -1.99. The fraction of sp³-hybridized carbons (Fsp3) is 0. The van der Waals surface area contributed by atoms with E-state index in [-0.39, 0.29) is 5.43 Å². The Hall–Kier alpha value is -1.58. The van der Waals surface area contributed by atoms with Crippen molar-refractivity contribution in [2.75, 3.05) is 0 Å². The molecule has 2 rings (SSSR count). The number of aromatic amines is 1. The van der Waals surface area contributed by atoms with Crippen LogP contribution in [0, 0.1) is 6.07 Å².